The topological polar surface area (TPSA) is 55.4 Å². The summed E-state index contributed by atoms with van der Waals surface area (Å²) < 4.78 is 10.8. The third-order valence-corrected chi connectivity index (χ3v) is 6.44. The molecule has 2 N–H and O–H groups in total. The van der Waals surface area contributed by atoms with Crippen LogP contribution >= 0.6 is 0 Å². The summed E-state index contributed by atoms with van der Waals surface area (Å²) in [6.45, 7) is 9.67. The Kier molecular flexibility index (Phi) is 6.60. The van der Waals surface area contributed by atoms with E-state index in [1.807, 2.05) is 18.3 Å². The summed E-state index contributed by atoms with van der Waals surface area (Å²) >= 11 is 0. The molecule has 0 fully saturated rings. The van der Waals surface area contributed by atoms with Crippen molar-refractivity contribution in [2.24, 2.45) is 0 Å². The lowest BCUT2D eigenvalue weighted by Gasteiger charge is -2.19. The number of nitrogens with zero attached hydrogens (tertiary/aromatic N) is 1. The van der Waals surface area contributed by atoms with Crippen molar-refractivity contribution in [2.75, 3.05) is 25.2 Å². The quantitative estimate of drug-likeness (QED) is 0.289. The van der Waals surface area contributed by atoms with E-state index in [0.29, 0.717) is 6.79 Å². The van der Waals surface area contributed by atoms with Gasteiger partial charge in [0, 0.05) is 30.4 Å². The highest BCUT2D eigenvalue weighted by Crippen LogP contribution is 2.32. The van der Waals surface area contributed by atoms with Gasteiger partial charge in [-0.15, -0.1) is 0 Å². The molecule has 0 spiro atoms. The molecule has 1 aliphatic heterocycles. The number of rotatable bonds is 8. The standard InChI is InChI=1S/C30H33N3O2/c1-30(2,3)24-9-6-22(7-10-24)23-8-11-25-26(13-16-33-27(25)18-23)32-15-4-14-31-19-21-5-12-28-29(17-21)35-20-34-28/h5-13,16-18,31H,4,14-15,19-20H2,1-3H3,(H,32,33). The minimum Gasteiger partial charge on any atom is -0.454 e. The zero-order chi connectivity index (χ0) is 24.3. The second-order valence-corrected chi connectivity index (χ2v) is 10.1. The summed E-state index contributed by atoms with van der Waals surface area (Å²) in [5.74, 6) is 1.66. The molecule has 0 saturated carbocycles. The Balaban J connectivity index is 1.16. The zero-order valence-electron chi connectivity index (χ0n) is 20.7. The second-order valence-electron chi connectivity index (χ2n) is 10.1. The van der Waals surface area contributed by atoms with Crippen molar-refractivity contribution in [3.05, 3.63) is 84.1 Å². The number of aromatic nitrogens is 1. The zero-order valence-corrected chi connectivity index (χ0v) is 20.7. The molecule has 0 radical (unpaired) electrons. The summed E-state index contributed by atoms with van der Waals surface area (Å²) in [5.41, 5.74) is 7.24. The SMILES string of the molecule is CC(C)(C)c1ccc(-c2ccc3c(NCCCNCc4ccc5c(c4)OCO5)ccnc3c2)cc1. The summed E-state index contributed by atoms with van der Waals surface area (Å²) in [7, 11) is 0. The molecular formula is C30H33N3O2. The number of pyridine rings is 1. The van der Waals surface area contributed by atoms with Crippen LogP contribution < -0.4 is 20.1 Å². The van der Waals surface area contributed by atoms with Crippen LogP contribution in [0.5, 0.6) is 11.5 Å². The fraction of sp³-hybridized carbons (Fsp3) is 0.300. The first-order valence-electron chi connectivity index (χ1n) is 12.3. The van der Waals surface area contributed by atoms with Crippen molar-refractivity contribution in [3.8, 4) is 22.6 Å². The van der Waals surface area contributed by atoms with E-state index < -0.39 is 0 Å². The molecule has 0 amide bonds. The first-order valence-corrected chi connectivity index (χ1v) is 12.3. The summed E-state index contributed by atoms with van der Waals surface area (Å²) in [6, 6.07) is 23.6. The monoisotopic (exact) mass is 467 g/mol. The summed E-state index contributed by atoms with van der Waals surface area (Å²) in [4.78, 5) is 4.63. The maximum atomic E-state index is 5.45. The van der Waals surface area contributed by atoms with Crippen molar-refractivity contribution in [3.63, 3.8) is 0 Å². The highest BCUT2D eigenvalue weighted by Gasteiger charge is 2.14. The maximum absolute atomic E-state index is 5.45. The average molecular weight is 468 g/mol. The molecule has 180 valence electrons. The van der Waals surface area contributed by atoms with Gasteiger partial charge in [0.2, 0.25) is 6.79 Å². The Morgan fingerprint density at radius 3 is 2.46 bits per heavy atom. The van der Waals surface area contributed by atoms with Crippen LogP contribution in [-0.4, -0.2) is 24.9 Å². The van der Waals surface area contributed by atoms with E-state index >= 15 is 0 Å². The Bertz CT molecular complexity index is 1310. The number of hydrogen-bond acceptors (Lipinski definition) is 5. The van der Waals surface area contributed by atoms with E-state index in [1.54, 1.807) is 0 Å². The number of ether oxygens (including phenoxy) is 2. The van der Waals surface area contributed by atoms with Gasteiger partial charge in [0.05, 0.1) is 5.52 Å². The van der Waals surface area contributed by atoms with Crippen LogP contribution in [0.3, 0.4) is 0 Å². The maximum Gasteiger partial charge on any atom is 0.231 e. The summed E-state index contributed by atoms with van der Waals surface area (Å²) in [6.07, 6.45) is 2.90. The van der Waals surface area contributed by atoms with Gasteiger partial charge in [-0.25, -0.2) is 0 Å². The van der Waals surface area contributed by atoms with Crippen LogP contribution in [0.1, 0.15) is 38.3 Å². The molecule has 5 rings (SSSR count). The van der Waals surface area contributed by atoms with Gasteiger partial charge >= 0.3 is 0 Å². The van der Waals surface area contributed by atoms with E-state index in [-0.39, 0.29) is 5.41 Å². The van der Waals surface area contributed by atoms with Crippen LogP contribution in [0.2, 0.25) is 0 Å². The smallest absolute Gasteiger partial charge is 0.231 e. The van der Waals surface area contributed by atoms with E-state index in [4.69, 9.17) is 9.47 Å². The first kappa shape index (κ1) is 23.2. The minimum absolute atomic E-state index is 0.158. The van der Waals surface area contributed by atoms with Crippen molar-refractivity contribution in [2.45, 2.75) is 39.2 Å². The molecular weight excluding hydrogens is 434 g/mol. The van der Waals surface area contributed by atoms with Gasteiger partial charge in [-0.05, 0) is 64.9 Å². The fourth-order valence-electron chi connectivity index (χ4n) is 4.36. The molecule has 1 aromatic heterocycles. The van der Waals surface area contributed by atoms with Crippen molar-refractivity contribution < 1.29 is 9.47 Å². The second kappa shape index (κ2) is 9.96. The van der Waals surface area contributed by atoms with Crippen molar-refractivity contribution >= 4 is 16.6 Å². The lowest BCUT2D eigenvalue weighted by atomic mass is 9.86. The van der Waals surface area contributed by atoms with Crippen LogP contribution in [0.25, 0.3) is 22.0 Å². The van der Waals surface area contributed by atoms with Crippen LogP contribution in [0.15, 0.2) is 72.9 Å². The molecule has 0 atom stereocenters. The minimum atomic E-state index is 0.158. The Hall–Kier alpha value is -3.57. The number of anilines is 1. The molecule has 1 aliphatic rings. The van der Waals surface area contributed by atoms with Crippen LogP contribution in [-0.2, 0) is 12.0 Å². The number of nitrogens with one attached hydrogen (secondary N) is 2. The van der Waals surface area contributed by atoms with Gasteiger partial charge in [0.1, 0.15) is 0 Å². The van der Waals surface area contributed by atoms with Gasteiger partial charge in [0.25, 0.3) is 0 Å². The summed E-state index contributed by atoms with van der Waals surface area (Å²) in [5, 5.41) is 8.24. The Morgan fingerprint density at radius 2 is 1.63 bits per heavy atom. The fourth-order valence-corrected chi connectivity index (χ4v) is 4.36. The molecule has 5 nitrogen and oxygen atoms in total. The van der Waals surface area contributed by atoms with Gasteiger partial charge in [-0.3, -0.25) is 4.98 Å². The van der Waals surface area contributed by atoms with E-state index in [1.165, 1.54) is 22.3 Å². The Morgan fingerprint density at radius 1 is 0.829 bits per heavy atom. The van der Waals surface area contributed by atoms with E-state index in [9.17, 15) is 0 Å². The molecule has 3 aromatic carbocycles. The third-order valence-electron chi connectivity index (χ3n) is 6.44. The van der Waals surface area contributed by atoms with Crippen LogP contribution in [0.4, 0.5) is 5.69 Å². The molecule has 0 saturated heterocycles. The molecule has 0 bridgehead atoms. The predicted octanol–water partition coefficient (Wildman–Crippen LogP) is 6.52. The van der Waals surface area contributed by atoms with Crippen LogP contribution in [0, 0.1) is 0 Å². The molecule has 0 unspecified atom stereocenters. The van der Waals surface area contributed by atoms with Gasteiger partial charge in [-0.2, -0.15) is 0 Å². The first-order chi connectivity index (χ1) is 17.0. The van der Waals surface area contributed by atoms with Gasteiger partial charge < -0.3 is 20.1 Å². The lowest BCUT2D eigenvalue weighted by Crippen LogP contribution is -2.17. The normalized spacial score (nSPS) is 12.8. The van der Waals surface area contributed by atoms with Crippen molar-refractivity contribution in [1.29, 1.82) is 0 Å². The average Bonchev–Trinajstić information content (AvgIpc) is 3.33. The third kappa shape index (κ3) is 5.41. The van der Waals surface area contributed by atoms with Gasteiger partial charge in [-0.1, -0.05) is 63.2 Å². The molecule has 4 aromatic rings. The molecule has 35 heavy (non-hydrogen) atoms. The Labute approximate surface area is 207 Å². The molecule has 2 heterocycles. The lowest BCUT2D eigenvalue weighted by molar-refractivity contribution is 0.174. The highest BCUT2D eigenvalue weighted by molar-refractivity contribution is 5.93. The van der Waals surface area contributed by atoms with E-state index in [0.717, 1.165) is 54.1 Å². The molecule has 5 heteroatoms. The number of benzene rings is 3. The largest absolute Gasteiger partial charge is 0.454 e. The van der Waals surface area contributed by atoms with E-state index in [2.05, 4.69) is 91.0 Å². The van der Waals surface area contributed by atoms with Crippen molar-refractivity contribution in [1.82, 2.24) is 10.3 Å². The number of hydrogen-bond donors (Lipinski definition) is 2. The highest BCUT2D eigenvalue weighted by atomic mass is 16.7. The number of fused-ring (bicyclic) bond motifs is 2. The van der Waals surface area contributed by atoms with Gasteiger partial charge in [0.15, 0.2) is 11.5 Å². The predicted molar refractivity (Wildman–Crippen MR) is 143 cm³/mol. The molecule has 0 aliphatic carbocycles.